The smallest absolute Gasteiger partial charge is 0.429 e. The summed E-state index contributed by atoms with van der Waals surface area (Å²) in [7, 11) is 0. The highest BCUT2D eigenvalue weighted by Crippen LogP contribution is 2.39. The van der Waals surface area contributed by atoms with Crippen molar-refractivity contribution in [3.63, 3.8) is 0 Å². The average molecular weight is 649 g/mol. The molecule has 0 N–H and O–H groups in total. The van der Waals surface area contributed by atoms with Crippen molar-refractivity contribution in [3.05, 3.63) is 136 Å². The molecule has 0 aliphatic heterocycles. The Labute approximate surface area is 268 Å². The van der Waals surface area contributed by atoms with Crippen LogP contribution in [-0.4, -0.2) is 0 Å². The van der Waals surface area contributed by atoms with E-state index in [1.165, 1.54) is 42.5 Å². The van der Waals surface area contributed by atoms with Gasteiger partial charge in [-0.05, 0) is 89.2 Å². The van der Waals surface area contributed by atoms with Crippen LogP contribution in [0, 0.1) is 41.9 Å². The zero-order valence-corrected chi connectivity index (χ0v) is 25.7. The monoisotopic (exact) mass is 648 g/mol. The maximum atomic E-state index is 15.3. The first kappa shape index (κ1) is 32.4. The van der Waals surface area contributed by atoms with Crippen LogP contribution in [0.3, 0.4) is 0 Å². The van der Waals surface area contributed by atoms with Crippen molar-refractivity contribution in [2.45, 2.75) is 52.1 Å². The fraction of sp³-hybridized carbons (Fsp3) is 0.231. The average Bonchev–Trinajstić information content (AvgIpc) is 3.44. The van der Waals surface area contributed by atoms with Crippen molar-refractivity contribution in [1.29, 1.82) is 0 Å². The molecule has 1 aliphatic carbocycles. The van der Waals surface area contributed by atoms with Crippen molar-refractivity contribution in [2.75, 3.05) is 0 Å². The second kappa shape index (κ2) is 12.9. The summed E-state index contributed by atoms with van der Waals surface area (Å²) < 4.78 is 107. The number of hydrogen-bond acceptors (Lipinski definition) is 1. The zero-order chi connectivity index (χ0) is 33.5. The van der Waals surface area contributed by atoms with Gasteiger partial charge in [-0.25, -0.2) is 22.0 Å². The highest BCUT2D eigenvalue weighted by atomic mass is 19.3. The Morgan fingerprint density at radius 1 is 0.617 bits per heavy atom. The van der Waals surface area contributed by atoms with Gasteiger partial charge in [-0.3, -0.25) is 0 Å². The van der Waals surface area contributed by atoms with Gasteiger partial charge >= 0.3 is 6.11 Å². The molecule has 0 heterocycles. The van der Waals surface area contributed by atoms with E-state index in [0.717, 1.165) is 30.9 Å². The molecule has 0 amide bonds. The van der Waals surface area contributed by atoms with Crippen LogP contribution in [0.15, 0.2) is 84.9 Å². The quantitative estimate of drug-likeness (QED) is 0.145. The number of ether oxygens (including phenoxy) is 1. The topological polar surface area (TPSA) is 9.23 Å². The van der Waals surface area contributed by atoms with Gasteiger partial charge in [0.2, 0.25) is 0 Å². The lowest BCUT2D eigenvalue weighted by molar-refractivity contribution is -0.189. The van der Waals surface area contributed by atoms with Crippen LogP contribution in [0.2, 0.25) is 0 Å². The highest BCUT2D eigenvalue weighted by Gasteiger charge is 2.41. The van der Waals surface area contributed by atoms with Gasteiger partial charge in [0, 0.05) is 23.3 Å². The number of halogens is 7. The lowest BCUT2D eigenvalue weighted by atomic mass is 9.96. The predicted molar refractivity (Wildman–Crippen MR) is 169 cm³/mol. The number of unbranched alkanes of at least 4 members (excludes halogenated alkanes) is 1. The molecule has 0 radical (unpaired) electrons. The second-order valence-corrected chi connectivity index (χ2v) is 12.1. The van der Waals surface area contributed by atoms with Gasteiger partial charge in [0.25, 0.3) is 0 Å². The molecule has 5 aromatic carbocycles. The molecule has 242 valence electrons. The minimum atomic E-state index is -4.63. The van der Waals surface area contributed by atoms with E-state index in [9.17, 15) is 26.3 Å². The first-order valence-electron chi connectivity index (χ1n) is 15.5. The summed E-state index contributed by atoms with van der Waals surface area (Å²) in [5.74, 6) is -6.86. The van der Waals surface area contributed by atoms with Crippen LogP contribution < -0.4 is 4.74 Å². The second-order valence-electron chi connectivity index (χ2n) is 12.1. The molecule has 1 atom stereocenters. The Balaban J connectivity index is 1.20. The van der Waals surface area contributed by atoms with Crippen LogP contribution in [0.1, 0.15) is 48.4 Å². The van der Waals surface area contributed by atoms with Crippen molar-refractivity contribution >= 4 is 0 Å². The predicted octanol–water partition coefficient (Wildman–Crippen LogP) is 11.7. The van der Waals surface area contributed by atoms with Gasteiger partial charge in [-0.15, -0.1) is 0 Å². The molecule has 1 unspecified atom stereocenters. The Kier molecular flexibility index (Phi) is 8.88. The summed E-state index contributed by atoms with van der Waals surface area (Å²) in [6.45, 7) is 3.30. The number of fused-ring (bicyclic) bond motifs is 1. The molecule has 0 aromatic heterocycles. The summed E-state index contributed by atoms with van der Waals surface area (Å²) in [5.41, 5.74) is 3.42. The van der Waals surface area contributed by atoms with E-state index in [4.69, 9.17) is 0 Å². The lowest BCUT2D eigenvalue weighted by Gasteiger charge is -2.20. The standard InChI is InChI=1S/C39H31F7O/c1-3-4-5-23-14-26-10-11-27(16-29(26)15-23)24-6-8-25(9-7-24)28-12-13-32(35(42)17-28)30-18-36(43)38(37(44)19-30)39(45,46)47-31-20-33(40)22(2)34(41)21-31/h6-13,16-21,23H,3-5,14-15H2,1-2H3. The summed E-state index contributed by atoms with van der Waals surface area (Å²) in [5, 5.41) is 0. The summed E-state index contributed by atoms with van der Waals surface area (Å²) in [6.07, 6.45) is 1.27. The van der Waals surface area contributed by atoms with E-state index in [0.29, 0.717) is 41.3 Å². The summed E-state index contributed by atoms with van der Waals surface area (Å²) in [4.78, 5) is 0. The Bertz CT molecular complexity index is 1900. The van der Waals surface area contributed by atoms with E-state index < -0.39 is 52.1 Å². The summed E-state index contributed by atoms with van der Waals surface area (Å²) in [6, 6.07) is 20.4. The molecule has 0 saturated carbocycles. The SMILES string of the molecule is CCCCC1Cc2ccc(-c3ccc(-c4ccc(-c5cc(F)c(C(F)(F)Oc6cc(F)c(C)c(F)c6)c(F)c5)c(F)c4)cc3)cc2C1. The van der Waals surface area contributed by atoms with Crippen molar-refractivity contribution < 1.29 is 35.5 Å². The molecular formula is C39H31F7O. The largest absolute Gasteiger partial charge is 0.432 e. The van der Waals surface area contributed by atoms with Gasteiger partial charge in [-0.1, -0.05) is 74.4 Å². The van der Waals surface area contributed by atoms with Gasteiger partial charge in [0.15, 0.2) is 0 Å². The maximum absolute atomic E-state index is 15.3. The van der Waals surface area contributed by atoms with E-state index in [1.807, 2.05) is 24.3 Å². The number of rotatable bonds is 9. The normalized spacial score (nSPS) is 14.4. The summed E-state index contributed by atoms with van der Waals surface area (Å²) >= 11 is 0. The zero-order valence-electron chi connectivity index (χ0n) is 25.7. The Hall–Kier alpha value is -4.59. The van der Waals surface area contributed by atoms with E-state index in [2.05, 4.69) is 29.9 Å². The van der Waals surface area contributed by atoms with Gasteiger partial charge in [0.05, 0.1) is 0 Å². The molecule has 0 fully saturated rings. The molecule has 1 aliphatic rings. The van der Waals surface area contributed by atoms with Crippen LogP contribution in [0.25, 0.3) is 33.4 Å². The Morgan fingerprint density at radius 2 is 1.15 bits per heavy atom. The van der Waals surface area contributed by atoms with Crippen molar-refractivity contribution in [1.82, 2.24) is 0 Å². The van der Waals surface area contributed by atoms with E-state index in [-0.39, 0.29) is 11.1 Å². The maximum Gasteiger partial charge on any atom is 0.432 e. The first-order valence-corrected chi connectivity index (χ1v) is 15.5. The van der Waals surface area contributed by atoms with Crippen molar-refractivity contribution in [3.8, 4) is 39.1 Å². The molecule has 0 saturated heterocycles. The van der Waals surface area contributed by atoms with Gasteiger partial charge in [0.1, 0.15) is 40.4 Å². The third-order valence-electron chi connectivity index (χ3n) is 8.85. The van der Waals surface area contributed by atoms with Crippen LogP contribution in [-0.2, 0) is 19.0 Å². The molecule has 6 rings (SSSR count). The van der Waals surface area contributed by atoms with Crippen LogP contribution in [0.5, 0.6) is 5.75 Å². The fourth-order valence-electron chi connectivity index (χ4n) is 6.26. The molecule has 0 bridgehead atoms. The van der Waals surface area contributed by atoms with Gasteiger partial charge in [-0.2, -0.15) is 8.78 Å². The van der Waals surface area contributed by atoms with Crippen molar-refractivity contribution in [2.24, 2.45) is 5.92 Å². The molecule has 47 heavy (non-hydrogen) atoms. The van der Waals surface area contributed by atoms with Crippen LogP contribution >= 0.6 is 0 Å². The molecule has 0 spiro atoms. The van der Waals surface area contributed by atoms with E-state index >= 15 is 4.39 Å². The van der Waals surface area contributed by atoms with Crippen LogP contribution in [0.4, 0.5) is 30.7 Å². The lowest BCUT2D eigenvalue weighted by Crippen LogP contribution is -2.25. The molecule has 5 aromatic rings. The molecular weight excluding hydrogens is 617 g/mol. The third-order valence-corrected chi connectivity index (χ3v) is 8.85. The number of alkyl halides is 2. The minimum Gasteiger partial charge on any atom is -0.429 e. The minimum absolute atomic E-state index is 0.211. The number of benzene rings is 5. The molecule has 8 heteroatoms. The molecule has 1 nitrogen and oxygen atoms in total. The number of hydrogen-bond donors (Lipinski definition) is 0. The fourth-order valence-corrected chi connectivity index (χ4v) is 6.26. The van der Waals surface area contributed by atoms with E-state index in [1.54, 1.807) is 6.07 Å². The third kappa shape index (κ3) is 6.64. The van der Waals surface area contributed by atoms with Gasteiger partial charge < -0.3 is 4.74 Å². The Morgan fingerprint density at radius 3 is 1.74 bits per heavy atom. The first-order chi connectivity index (χ1) is 22.4. The highest BCUT2D eigenvalue weighted by molar-refractivity contribution is 5.74.